The molecule has 2 aromatic heterocycles. The topological polar surface area (TPSA) is 73.8 Å². The number of aryl methyl sites for hydroxylation is 1. The molecule has 0 radical (unpaired) electrons. The second kappa shape index (κ2) is 7.17. The maximum absolute atomic E-state index is 12.7. The van der Waals surface area contributed by atoms with E-state index in [1.165, 1.54) is 4.57 Å². The van der Waals surface area contributed by atoms with Crippen molar-refractivity contribution in [2.45, 2.75) is 13.5 Å². The number of hydrogen-bond donors (Lipinski definition) is 0. The molecule has 4 aromatic rings. The summed E-state index contributed by atoms with van der Waals surface area (Å²) in [5, 5.41) is 5.15. The average Bonchev–Trinajstić information content (AvgIpc) is 3.12. The van der Waals surface area contributed by atoms with Gasteiger partial charge in [0.15, 0.2) is 5.82 Å². The molecule has 0 atom stereocenters. The van der Waals surface area contributed by atoms with Crippen LogP contribution in [0.3, 0.4) is 0 Å². The summed E-state index contributed by atoms with van der Waals surface area (Å²) in [6.45, 7) is 1.97. The van der Waals surface area contributed by atoms with Crippen molar-refractivity contribution in [1.82, 2.24) is 19.7 Å². The van der Waals surface area contributed by atoms with Crippen LogP contribution in [0.5, 0.6) is 0 Å². The molecule has 0 amide bonds. The third kappa shape index (κ3) is 3.52. The van der Waals surface area contributed by atoms with E-state index in [0.29, 0.717) is 33.5 Å². The van der Waals surface area contributed by atoms with Gasteiger partial charge in [-0.1, -0.05) is 47.1 Å². The minimum Gasteiger partial charge on any atom is -0.335 e. The normalized spacial score (nSPS) is 11.5. The molecule has 0 unspecified atom stereocenters. The summed E-state index contributed by atoms with van der Waals surface area (Å²) in [5.41, 5.74) is 1.40. The molecule has 0 aliphatic rings. The van der Waals surface area contributed by atoms with Crippen molar-refractivity contribution in [3.63, 3.8) is 0 Å². The summed E-state index contributed by atoms with van der Waals surface area (Å²) in [7, 11) is 0. The first-order chi connectivity index (χ1) is 13.1. The largest absolute Gasteiger partial charge is 0.335 e. The van der Waals surface area contributed by atoms with Gasteiger partial charge in [-0.15, -0.1) is 0 Å². The lowest BCUT2D eigenvalue weighted by atomic mass is 10.2. The molecule has 0 N–H and O–H groups in total. The van der Waals surface area contributed by atoms with Crippen molar-refractivity contribution in [3.8, 4) is 0 Å². The van der Waals surface area contributed by atoms with E-state index in [4.69, 9.17) is 16.1 Å². The summed E-state index contributed by atoms with van der Waals surface area (Å²) in [4.78, 5) is 21.5. The third-order valence-electron chi connectivity index (χ3n) is 4.15. The number of fused-ring (bicyclic) bond motifs is 1. The smallest absolute Gasteiger partial charge is 0.261 e. The van der Waals surface area contributed by atoms with E-state index in [2.05, 4.69) is 15.1 Å². The van der Waals surface area contributed by atoms with Crippen molar-refractivity contribution in [1.29, 1.82) is 0 Å². The molecule has 7 heteroatoms. The van der Waals surface area contributed by atoms with Crippen molar-refractivity contribution < 1.29 is 4.52 Å². The van der Waals surface area contributed by atoms with Crippen LogP contribution in [0, 0.1) is 6.92 Å². The van der Waals surface area contributed by atoms with Crippen LogP contribution in [-0.4, -0.2) is 19.7 Å². The Balaban J connectivity index is 1.61. The van der Waals surface area contributed by atoms with E-state index in [0.717, 1.165) is 5.56 Å². The second-order valence-electron chi connectivity index (χ2n) is 5.97. The van der Waals surface area contributed by atoms with Crippen LogP contribution in [0.15, 0.2) is 57.8 Å². The summed E-state index contributed by atoms with van der Waals surface area (Å²) < 4.78 is 6.78. The molecule has 2 heterocycles. The number of para-hydroxylation sites is 1. The maximum Gasteiger partial charge on any atom is 0.261 e. The van der Waals surface area contributed by atoms with E-state index in [9.17, 15) is 4.79 Å². The number of nitrogens with zero attached hydrogens (tertiary/aromatic N) is 4. The maximum atomic E-state index is 12.7. The predicted molar refractivity (Wildman–Crippen MR) is 105 cm³/mol. The minimum absolute atomic E-state index is 0.129. The van der Waals surface area contributed by atoms with Crippen molar-refractivity contribution >= 4 is 34.7 Å². The molecule has 134 valence electrons. The lowest BCUT2D eigenvalue weighted by Crippen LogP contribution is -2.24. The molecule has 0 aliphatic heterocycles. The molecule has 0 aliphatic carbocycles. The van der Waals surface area contributed by atoms with Gasteiger partial charge in [0.25, 0.3) is 11.4 Å². The van der Waals surface area contributed by atoms with Crippen molar-refractivity contribution in [3.05, 3.63) is 87.0 Å². The minimum atomic E-state index is -0.129. The summed E-state index contributed by atoms with van der Waals surface area (Å²) in [6.07, 6.45) is 3.49. The van der Waals surface area contributed by atoms with Crippen LogP contribution in [0.1, 0.15) is 23.1 Å². The molecule has 2 aromatic carbocycles. The highest BCUT2D eigenvalue weighted by Crippen LogP contribution is 2.17. The molecule has 0 saturated heterocycles. The highest BCUT2D eigenvalue weighted by molar-refractivity contribution is 6.32. The lowest BCUT2D eigenvalue weighted by Gasteiger charge is -2.08. The SMILES string of the molecule is Cc1nc2ccccc2c(=O)n1Cc1noc(C=Cc2ccccc2Cl)n1. The Morgan fingerprint density at radius 2 is 1.85 bits per heavy atom. The van der Waals surface area contributed by atoms with Gasteiger partial charge < -0.3 is 4.52 Å². The monoisotopic (exact) mass is 378 g/mol. The second-order valence-corrected chi connectivity index (χ2v) is 6.38. The van der Waals surface area contributed by atoms with Gasteiger partial charge in [0.05, 0.1) is 17.4 Å². The highest BCUT2D eigenvalue weighted by Gasteiger charge is 2.11. The number of aromatic nitrogens is 4. The standard InChI is InChI=1S/C20H15ClN4O2/c1-13-22-17-9-5-3-7-15(17)20(26)25(13)12-18-23-19(27-24-18)11-10-14-6-2-4-8-16(14)21/h2-11H,12H2,1H3. The number of rotatable bonds is 4. The lowest BCUT2D eigenvalue weighted by molar-refractivity contribution is 0.401. The highest BCUT2D eigenvalue weighted by atomic mass is 35.5. The molecular weight excluding hydrogens is 364 g/mol. The fourth-order valence-electron chi connectivity index (χ4n) is 2.78. The van der Waals surface area contributed by atoms with Gasteiger partial charge in [0.1, 0.15) is 5.82 Å². The Hall–Kier alpha value is -3.25. The average molecular weight is 379 g/mol. The quantitative estimate of drug-likeness (QED) is 0.537. The zero-order valence-corrected chi connectivity index (χ0v) is 15.2. The van der Waals surface area contributed by atoms with E-state index in [1.807, 2.05) is 42.5 Å². The fourth-order valence-corrected chi connectivity index (χ4v) is 2.98. The molecule has 0 saturated carbocycles. The molecule has 0 bridgehead atoms. The van der Waals surface area contributed by atoms with Crippen molar-refractivity contribution in [2.75, 3.05) is 0 Å². The Bertz CT molecular complexity index is 1210. The molecule has 6 nitrogen and oxygen atoms in total. The van der Waals surface area contributed by atoms with Crippen LogP contribution in [0.4, 0.5) is 0 Å². The number of halogens is 1. The molecule has 4 rings (SSSR count). The predicted octanol–water partition coefficient (Wildman–Crippen LogP) is 3.96. The van der Waals surface area contributed by atoms with E-state index in [1.54, 1.807) is 25.1 Å². The first-order valence-electron chi connectivity index (χ1n) is 8.33. The van der Waals surface area contributed by atoms with Gasteiger partial charge >= 0.3 is 0 Å². The Kier molecular flexibility index (Phi) is 4.56. The van der Waals surface area contributed by atoms with Crippen LogP contribution < -0.4 is 5.56 Å². The van der Waals surface area contributed by atoms with Crippen LogP contribution in [-0.2, 0) is 6.54 Å². The van der Waals surface area contributed by atoms with Gasteiger partial charge in [-0.25, -0.2) is 4.98 Å². The van der Waals surface area contributed by atoms with Gasteiger partial charge in [0.2, 0.25) is 0 Å². The van der Waals surface area contributed by atoms with Gasteiger partial charge in [0, 0.05) is 11.1 Å². The van der Waals surface area contributed by atoms with Gasteiger partial charge in [-0.05, 0) is 36.8 Å². The van der Waals surface area contributed by atoms with E-state index in [-0.39, 0.29) is 12.1 Å². The number of hydrogen-bond acceptors (Lipinski definition) is 5. The van der Waals surface area contributed by atoms with Crippen molar-refractivity contribution in [2.24, 2.45) is 0 Å². The Labute approximate surface area is 159 Å². The van der Waals surface area contributed by atoms with Crippen LogP contribution in [0.2, 0.25) is 5.02 Å². The van der Waals surface area contributed by atoms with E-state index >= 15 is 0 Å². The summed E-state index contributed by atoms with van der Waals surface area (Å²) in [6, 6.07) is 14.7. The van der Waals surface area contributed by atoms with E-state index < -0.39 is 0 Å². The molecule has 27 heavy (non-hydrogen) atoms. The van der Waals surface area contributed by atoms with Crippen LogP contribution in [0.25, 0.3) is 23.1 Å². The zero-order valence-electron chi connectivity index (χ0n) is 14.5. The molecular formula is C20H15ClN4O2. The van der Waals surface area contributed by atoms with Crippen LogP contribution >= 0.6 is 11.6 Å². The molecule has 0 spiro atoms. The van der Waals surface area contributed by atoms with Gasteiger partial charge in [-0.3, -0.25) is 9.36 Å². The first-order valence-corrected chi connectivity index (χ1v) is 8.71. The van der Waals surface area contributed by atoms with Gasteiger partial charge in [-0.2, -0.15) is 4.98 Å². The Morgan fingerprint density at radius 1 is 1.07 bits per heavy atom. The first kappa shape index (κ1) is 17.2. The zero-order chi connectivity index (χ0) is 18.8. The number of benzene rings is 2. The molecule has 0 fully saturated rings. The summed E-state index contributed by atoms with van der Waals surface area (Å²) in [5.74, 6) is 1.33. The third-order valence-corrected chi connectivity index (χ3v) is 4.49. The fraction of sp³-hybridized carbons (Fsp3) is 0.100. The summed E-state index contributed by atoms with van der Waals surface area (Å²) >= 11 is 6.12. The Morgan fingerprint density at radius 3 is 2.70 bits per heavy atom.